The Kier molecular flexibility index (Phi) is 4.25. The van der Waals surface area contributed by atoms with Gasteiger partial charge in [0.1, 0.15) is 11.3 Å². The molecule has 1 saturated heterocycles. The van der Waals surface area contributed by atoms with Crippen molar-refractivity contribution in [3.8, 4) is 0 Å². The Hall–Kier alpha value is -1.37. The van der Waals surface area contributed by atoms with Crippen LogP contribution in [0.3, 0.4) is 0 Å². The first kappa shape index (κ1) is 16.5. The molecule has 2 aliphatic rings. The molecule has 5 nitrogen and oxygen atoms in total. The number of aliphatic hydroxyl groups is 1. The average Bonchev–Trinajstić information content (AvgIpc) is 2.77. The first-order valence-electron chi connectivity index (χ1n) is 7.71. The van der Waals surface area contributed by atoms with Gasteiger partial charge in [0.2, 0.25) is 0 Å². The van der Waals surface area contributed by atoms with Crippen LogP contribution in [0.15, 0.2) is 22.4 Å². The largest absolute Gasteiger partial charge is 0.509 e. The Labute approximate surface area is 144 Å². The molecule has 1 aromatic carbocycles. The zero-order valence-electron chi connectivity index (χ0n) is 13.6. The van der Waals surface area contributed by atoms with Crippen LogP contribution in [0.4, 0.5) is 0 Å². The van der Waals surface area contributed by atoms with Crippen LogP contribution >= 0.6 is 15.9 Å². The van der Waals surface area contributed by atoms with E-state index in [0.717, 1.165) is 21.2 Å². The lowest BCUT2D eigenvalue weighted by atomic mass is 9.85. The second kappa shape index (κ2) is 5.92. The van der Waals surface area contributed by atoms with E-state index in [1.54, 1.807) is 7.11 Å². The average molecular weight is 381 g/mol. The number of aliphatic hydroxyl groups excluding tert-OH is 1. The number of rotatable bonds is 2. The summed E-state index contributed by atoms with van der Waals surface area (Å²) in [6.07, 6.45) is 1.27. The topological polar surface area (TPSA) is 61.8 Å². The van der Waals surface area contributed by atoms with E-state index in [-0.39, 0.29) is 11.7 Å². The van der Waals surface area contributed by atoms with Gasteiger partial charge in [0, 0.05) is 17.6 Å². The number of benzene rings is 1. The Bertz CT molecular complexity index is 691. The first-order chi connectivity index (χ1) is 10.9. The molecule has 2 aliphatic heterocycles. The molecular formula is C17H21BrN2O3. The van der Waals surface area contributed by atoms with E-state index in [2.05, 4.69) is 21.2 Å². The number of carbonyl (C=O) groups excluding carboxylic acids is 1. The molecule has 0 unspecified atom stereocenters. The third-order valence-corrected chi connectivity index (χ3v) is 5.82. The van der Waals surface area contributed by atoms with Gasteiger partial charge >= 0.3 is 0 Å². The number of nitrogens with one attached hydrogen (secondary N) is 1. The maximum atomic E-state index is 12.6. The number of hydroxylamine groups is 2. The molecule has 0 saturated carbocycles. The van der Waals surface area contributed by atoms with Crippen LogP contribution in [0.1, 0.15) is 29.5 Å². The van der Waals surface area contributed by atoms with Crippen molar-refractivity contribution in [1.29, 1.82) is 0 Å². The van der Waals surface area contributed by atoms with E-state index in [4.69, 9.17) is 4.84 Å². The number of hydrogen-bond acceptors (Lipinski definition) is 4. The summed E-state index contributed by atoms with van der Waals surface area (Å²) in [5.41, 5.74) is 2.51. The van der Waals surface area contributed by atoms with E-state index in [1.807, 2.05) is 31.0 Å². The van der Waals surface area contributed by atoms with Crippen molar-refractivity contribution in [1.82, 2.24) is 10.4 Å². The van der Waals surface area contributed by atoms with Gasteiger partial charge in [0.15, 0.2) is 0 Å². The molecule has 1 amide bonds. The summed E-state index contributed by atoms with van der Waals surface area (Å²) in [4.78, 5) is 17.9. The number of hydrogen-bond donors (Lipinski definition) is 2. The number of amides is 1. The van der Waals surface area contributed by atoms with Gasteiger partial charge in [-0.3, -0.25) is 4.79 Å². The predicted molar refractivity (Wildman–Crippen MR) is 91.9 cm³/mol. The molecule has 0 radical (unpaired) electrons. The van der Waals surface area contributed by atoms with Crippen LogP contribution in [-0.2, 0) is 9.63 Å². The van der Waals surface area contributed by atoms with Crippen molar-refractivity contribution in [3.63, 3.8) is 0 Å². The fraction of sp³-hybridized carbons (Fsp3) is 0.471. The molecule has 2 N–H and O–H groups in total. The van der Waals surface area contributed by atoms with E-state index in [0.29, 0.717) is 31.5 Å². The van der Waals surface area contributed by atoms with E-state index in [1.165, 1.54) is 0 Å². The van der Waals surface area contributed by atoms with Crippen molar-refractivity contribution >= 4 is 27.4 Å². The Morgan fingerprint density at radius 2 is 1.96 bits per heavy atom. The Morgan fingerprint density at radius 1 is 1.30 bits per heavy atom. The van der Waals surface area contributed by atoms with Crippen molar-refractivity contribution < 1.29 is 14.7 Å². The van der Waals surface area contributed by atoms with Crippen molar-refractivity contribution in [2.45, 2.75) is 32.2 Å². The normalized spacial score (nSPS) is 21.1. The molecule has 0 atom stereocenters. The van der Waals surface area contributed by atoms with Crippen molar-refractivity contribution in [2.24, 2.45) is 0 Å². The van der Waals surface area contributed by atoms with Crippen LogP contribution in [-0.4, -0.2) is 41.8 Å². The van der Waals surface area contributed by atoms with Gasteiger partial charge in [-0.15, -0.1) is 0 Å². The number of piperidine rings is 1. The van der Waals surface area contributed by atoms with Gasteiger partial charge in [0.05, 0.1) is 12.7 Å². The lowest BCUT2D eigenvalue weighted by Gasteiger charge is -2.37. The van der Waals surface area contributed by atoms with Crippen LogP contribution in [0.2, 0.25) is 0 Å². The minimum Gasteiger partial charge on any atom is -0.509 e. The van der Waals surface area contributed by atoms with Gasteiger partial charge < -0.3 is 15.3 Å². The molecule has 23 heavy (non-hydrogen) atoms. The number of nitrogens with zero attached hydrogens (tertiary/aromatic N) is 1. The van der Waals surface area contributed by atoms with Crippen LogP contribution in [0, 0.1) is 13.8 Å². The second-order valence-corrected chi connectivity index (χ2v) is 7.09. The highest BCUT2D eigenvalue weighted by molar-refractivity contribution is 9.10. The molecule has 3 rings (SSSR count). The lowest BCUT2D eigenvalue weighted by molar-refractivity contribution is -0.152. The molecule has 0 aliphatic carbocycles. The maximum Gasteiger partial charge on any atom is 0.256 e. The lowest BCUT2D eigenvalue weighted by Crippen LogP contribution is -2.52. The third kappa shape index (κ3) is 2.58. The summed E-state index contributed by atoms with van der Waals surface area (Å²) in [6, 6.07) is 3.92. The van der Waals surface area contributed by atoms with E-state index in [9.17, 15) is 9.90 Å². The first-order valence-corrected chi connectivity index (χ1v) is 8.50. The summed E-state index contributed by atoms with van der Waals surface area (Å²) in [5.74, 6) is -0.0276. The summed E-state index contributed by atoms with van der Waals surface area (Å²) in [6.45, 7) is 5.26. The fourth-order valence-electron chi connectivity index (χ4n) is 3.54. The maximum absolute atomic E-state index is 12.6. The summed E-state index contributed by atoms with van der Waals surface area (Å²) >= 11 is 3.51. The van der Waals surface area contributed by atoms with Crippen LogP contribution in [0.25, 0.3) is 5.57 Å². The third-order valence-electron chi connectivity index (χ3n) is 4.96. The zero-order chi connectivity index (χ0) is 16.8. The van der Waals surface area contributed by atoms with E-state index >= 15 is 0 Å². The van der Waals surface area contributed by atoms with Crippen LogP contribution in [0.5, 0.6) is 0 Å². The summed E-state index contributed by atoms with van der Waals surface area (Å²) in [7, 11) is 1.64. The summed E-state index contributed by atoms with van der Waals surface area (Å²) in [5, 5.41) is 15.8. The minimum atomic E-state index is -0.664. The van der Waals surface area contributed by atoms with Crippen molar-refractivity contribution in [3.05, 3.63) is 39.1 Å². The molecule has 6 heteroatoms. The van der Waals surface area contributed by atoms with Crippen LogP contribution < -0.4 is 5.32 Å². The molecule has 1 spiro atoms. The Balaban J connectivity index is 2.06. The standard InChI is InChI=1S/C17H21BrN2O3/c1-10-4-5-12(18)11(2)13(10)14-15(21)17(19-16(14)22)6-8-20(23-3)9-7-17/h4-5,21H,6-9H2,1-3H3,(H,19,22). The highest BCUT2D eigenvalue weighted by Crippen LogP contribution is 2.41. The van der Waals surface area contributed by atoms with Gasteiger partial charge in [-0.1, -0.05) is 22.0 Å². The zero-order valence-corrected chi connectivity index (χ0v) is 15.2. The molecular weight excluding hydrogens is 360 g/mol. The van der Waals surface area contributed by atoms with Gasteiger partial charge in [-0.05, 0) is 49.4 Å². The summed E-state index contributed by atoms with van der Waals surface area (Å²) < 4.78 is 0.932. The second-order valence-electron chi connectivity index (χ2n) is 6.24. The van der Waals surface area contributed by atoms with Gasteiger partial charge in [-0.25, -0.2) is 0 Å². The quantitative estimate of drug-likeness (QED) is 0.827. The minimum absolute atomic E-state index is 0.169. The smallest absolute Gasteiger partial charge is 0.256 e. The van der Waals surface area contributed by atoms with Crippen molar-refractivity contribution in [2.75, 3.05) is 20.2 Å². The predicted octanol–water partition coefficient (Wildman–Crippen LogP) is 2.86. The monoisotopic (exact) mass is 380 g/mol. The highest BCUT2D eigenvalue weighted by Gasteiger charge is 2.48. The number of aryl methyl sites for hydroxylation is 1. The van der Waals surface area contributed by atoms with Gasteiger partial charge in [0.25, 0.3) is 5.91 Å². The highest BCUT2D eigenvalue weighted by atomic mass is 79.9. The number of carbonyl (C=O) groups is 1. The number of halogens is 1. The SMILES string of the molecule is CON1CCC2(CC1)NC(=O)C(c1c(C)ccc(Br)c1C)=C2O. The van der Waals surface area contributed by atoms with E-state index < -0.39 is 5.54 Å². The molecule has 0 aromatic heterocycles. The molecule has 0 bridgehead atoms. The molecule has 1 aromatic rings. The fourth-order valence-corrected chi connectivity index (χ4v) is 3.87. The Morgan fingerprint density at radius 3 is 2.57 bits per heavy atom. The molecule has 1 fully saturated rings. The van der Waals surface area contributed by atoms with Gasteiger partial charge in [-0.2, -0.15) is 5.06 Å². The molecule has 2 heterocycles. The molecule has 124 valence electrons.